The Labute approximate surface area is 132 Å². The van der Waals surface area contributed by atoms with Gasteiger partial charge in [-0.25, -0.2) is 0 Å². The highest BCUT2D eigenvalue weighted by atomic mass is 32.1. The van der Waals surface area contributed by atoms with Gasteiger partial charge in [-0.3, -0.25) is 0 Å². The zero-order valence-corrected chi connectivity index (χ0v) is 13.9. The number of benzene rings is 1. The standard InChI is InChI=1S/C19H25NS/c1-3-10-20-18(19-14(4-2)9-11-21-19)13-16-12-15-7-5-6-8-17(15)16/h5-9,11,16,18,20H,3-4,10,12-13H2,1-2H3. The first-order valence-electron chi connectivity index (χ1n) is 8.20. The summed E-state index contributed by atoms with van der Waals surface area (Å²) in [6, 6.07) is 11.8. The minimum Gasteiger partial charge on any atom is -0.309 e. The molecule has 2 aromatic rings. The largest absolute Gasteiger partial charge is 0.309 e. The van der Waals surface area contributed by atoms with E-state index in [0.29, 0.717) is 6.04 Å². The van der Waals surface area contributed by atoms with E-state index in [9.17, 15) is 0 Å². The van der Waals surface area contributed by atoms with Crippen molar-refractivity contribution >= 4 is 11.3 Å². The molecule has 0 fully saturated rings. The van der Waals surface area contributed by atoms with Crippen LogP contribution in [0.4, 0.5) is 0 Å². The molecule has 0 radical (unpaired) electrons. The molecule has 0 saturated heterocycles. The van der Waals surface area contributed by atoms with Crippen LogP contribution in [-0.2, 0) is 12.8 Å². The van der Waals surface area contributed by atoms with Crippen LogP contribution in [0.2, 0.25) is 0 Å². The highest BCUT2D eigenvalue weighted by Crippen LogP contribution is 2.42. The number of aryl methyl sites for hydroxylation is 1. The van der Waals surface area contributed by atoms with Gasteiger partial charge in [-0.05, 0) is 66.3 Å². The second-order valence-corrected chi connectivity index (χ2v) is 6.95. The molecule has 0 amide bonds. The Bertz CT molecular complexity index is 587. The fraction of sp³-hybridized carbons (Fsp3) is 0.474. The molecule has 0 spiro atoms. The first-order valence-corrected chi connectivity index (χ1v) is 9.08. The third-order valence-corrected chi connectivity index (χ3v) is 5.67. The molecule has 112 valence electrons. The van der Waals surface area contributed by atoms with Crippen molar-refractivity contribution in [2.75, 3.05) is 6.54 Å². The topological polar surface area (TPSA) is 12.0 Å². The van der Waals surface area contributed by atoms with E-state index >= 15 is 0 Å². The van der Waals surface area contributed by atoms with Crippen molar-refractivity contribution in [3.63, 3.8) is 0 Å². The molecule has 0 bridgehead atoms. The minimum atomic E-state index is 0.526. The average Bonchev–Trinajstić information content (AvgIpc) is 2.96. The van der Waals surface area contributed by atoms with Gasteiger partial charge in [0.2, 0.25) is 0 Å². The number of hydrogen-bond acceptors (Lipinski definition) is 2. The summed E-state index contributed by atoms with van der Waals surface area (Å²) >= 11 is 1.93. The summed E-state index contributed by atoms with van der Waals surface area (Å²) in [6.45, 7) is 5.62. The maximum Gasteiger partial charge on any atom is 0.0423 e. The van der Waals surface area contributed by atoms with Gasteiger partial charge in [-0.1, -0.05) is 38.1 Å². The Morgan fingerprint density at radius 2 is 2.10 bits per heavy atom. The van der Waals surface area contributed by atoms with E-state index in [2.05, 4.69) is 54.9 Å². The van der Waals surface area contributed by atoms with Gasteiger partial charge in [0.25, 0.3) is 0 Å². The monoisotopic (exact) mass is 299 g/mol. The number of nitrogens with one attached hydrogen (secondary N) is 1. The predicted molar refractivity (Wildman–Crippen MR) is 92.2 cm³/mol. The molecule has 1 heterocycles. The maximum atomic E-state index is 3.79. The number of fused-ring (bicyclic) bond motifs is 1. The molecule has 1 nitrogen and oxygen atoms in total. The van der Waals surface area contributed by atoms with Crippen molar-refractivity contribution in [1.29, 1.82) is 0 Å². The smallest absolute Gasteiger partial charge is 0.0423 e. The SMILES string of the molecule is CCCNC(CC1Cc2ccccc21)c1sccc1CC. The molecule has 2 unspecified atom stereocenters. The third kappa shape index (κ3) is 3.07. The lowest BCUT2D eigenvalue weighted by molar-refractivity contribution is 0.431. The van der Waals surface area contributed by atoms with Crippen LogP contribution in [0.3, 0.4) is 0 Å². The second kappa shape index (κ2) is 6.76. The molecule has 21 heavy (non-hydrogen) atoms. The highest BCUT2D eigenvalue weighted by Gasteiger charge is 2.29. The van der Waals surface area contributed by atoms with Crippen molar-refractivity contribution in [3.05, 3.63) is 57.3 Å². The molecule has 2 heteroatoms. The fourth-order valence-corrected chi connectivity index (χ4v) is 4.49. The summed E-state index contributed by atoms with van der Waals surface area (Å²) < 4.78 is 0. The van der Waals surface area contributed by atoms with Gasteiger partial charge < -0.3 is 5.32 Å². The van der Waals surface area contributed by atoms with Crippen LogP contribution in [0, 0.1) is 0 Å². The second-order valence-electron chi connectivity index (χ2n) is 6.01. The van der Waals surface area contributed by atoms with Gasteiger partial charge in [-0.15, -0.1) is 11.3 Å². The lowest BCUT2D eigenvalue weighted by Gasteiger charge is -2.33. The number of hydrogen-bond donors (Lipinski definition) is 1. The van der Waals surface area contributed by atoms with Crippen molar-refractivity contribution in [1.82, 2.24) is 5.32 Å². The minimum absolute atomic E-state index is 0.526. The quantitative estimate of drug-likeness (QED) is 0.751. The molecular formula is C19H25NS. The Kier molecular flexibility index (Phi) is 4.77. The van der Waals surface area contributed by atoms with Gasteiger partial charge in [0.1, 0.15) is 0 Å². The van der Waals surface area contributed by atoms with Gasteiger partial charge in [0.15, 0.2) is 0 Å². The summed E-state index contributed by atoms with van der Waals surface area (Å²) in [4.78, 5) is 1.57. The van der Waals surface area contributed by atoms with Crippen LogP contribution in [0.5, 0.6) is 0 Å². The molecule has 1 aromatic heterocycles. The molecular weight excluding hydrogens is 274 g/mol. The summed E-state index contributed by atoms with van der Waals surface area (Å²) in [6.07, 6.45) is 4.84. The normalized spacial score (nSPS) is 18.1. The Morgan fingerprint density at radius 3 is 2.86 bits per heavy atom. The van der Waals surface area contributed by atoms with Crippen molar-refractivity contribution in [3.8, 4) is 0 Å². The molecule has 0 saturated carbocycles. The van der Waals surface area contributed by atoms with Gasteiger partial charge >= 0.3 is 0 Å². The highest BCUT2D eigenvalue weighted by molar-refractivity contribution is 7.10. The zero-order valence-electron chi connectivity index (χ0n) is 13.1. The van der Waals surface area contributed by atoms with E-state index in [1.807, 2.05) is 11.3 Å². The van der Waals surface area contributed by atoms with E-state index in [0.717, 1.165) is 18.9 Å². The summed E-state index contributed by atoms with van der Waals surface area (Å²) in [5, 5.41) is 6.04. The van der Waals surface area contributed by atoms with Crippen molar-refractivity contribution in [2.45, 2.75) is 51.5 Å². The first kappa shape index (κ1) is 14.8. The predicted octanol–water partition coefficient (Wildman–Crippen LogP) is 5.08. The van der Waals surface area contributed by atoms with Crippen LogP contribution in [0.15, 0.2) is 35.7 Å². The van der Waals surface area contributed by atoms with Crippen LogP contribution in [0.1, 0.15) is 60.2 Å². The Hall–Kier alpha value is -1.12. The van der Waals surface area contributed by atoms with Crippen LogP contribution >= 0.6 is 11.3 Å². The maximum absolute atomic E-state index is 3.79. The molecule has 3 rings (SSSR count). The van der Waals surface area contributed by atoms with E-state index < -0.39 is 0 Å². The lowest BCUT2D eigenvalue weighted by atomic mass is 9.74. The number of rotatable bonds is 7. The third-order valence-electron chi connectivity index (χ3n) is 4.60. The lowest BCUT2D eigenvalue weighted by Crippen LogP contribution is -2.27. The first-order chi connectivity index (χ1) is 10.3. The van der Waals surface area contributed by atoms with Crippen LogP contribution in [0.25, 0.3) is 0 Å². The van der Waals surface area contributed by atoms with Gasteiger partial charge in [-0.2, -0.15) is 0 Å². The Morgan fingerprint density at radius 1 is 1.24 bits per heavy atom. The Balaban J connectivity index is 1.75. The van der Waals surface area contributed by atoms with Crippen molar-refractivity contribution in [2.24, 2.45) is 0 Å². The summed E-state index contributed by atoms with van der Waals surface area (Å²) in [5.74, 6) is 0.738. The summed E-state index contributed by atoms with van der Waals surface area (Å²) in [7, 11) is 0. The van der Waals surface area contributed by atoms with E-state index in [-0.39, 0.29) is 0 Å². The van der Waals surface area contributed by atoms with E-state index in [4.69, 9.17) is 0 Å². The van der Waals surface area contributed by atoms with Gasteiger partial charge in [0, 0.05) is 10.9 Å². The zero-order chi connectivity index (χ0) is 14.7. The summed E-state index contributed by atoms with van der Waals surface area (Å²) in [5.41, 5.74) is 4.66. The fourth-order valence-electron chi connectivity index (χ4n) is 3.40. The van der Waals surface area contributed by atoms with Crippen molar-refractivity contribution < 1.29 is 0 Å². The van der Waals surface area contributed by atoms with Gasteiger partial charge in [0.05, 0.1) is 0 Å². The van der Waals surface area contributed by atoms with Crippen LogP contribution < -0.4 is 5.32 Å². The molecule has 0 aliphatic heterocycles. The van der Waals surface area contributed by atoms with E-state index in [1.54, 1.807) is 16.0 Å². The molecule has 1 aliphatic rings. The molecule has 1 aliphatic carbocycles. The average molecular weight is 299 g/mol. The van der Waals surface area contributed by atoms with Crippen LogP contribution in [-0.4, -0.2) is 6.54 Å². The van der Waals surface area contributed by atoms with E-state index in [1.165, 1.54) is 24.8 Å². The molecule has 1 N–H and O–H groups in total. The molecule has 1 aromatic carbocycles. The number of thiophene rings is 1. The molecule has 2 atom stereocenters.